The summed E-state index contributed by atoms with van der Waals surface area (Å²) >= 11 is 0. The van der Waals surface area contributed by atoms with Gasteiger partial charge in [0.05, 0.1) is 5.69 Å². The number of rotatable bonds is 2. The van der Waals surface area contributed by atoms with Crippen LogP contribution in [-0.4, -0.2) is 11.2 Å². The third-order valence-corrected chi connectivity index (χ3v) is 3.87. The van der Waals surface area contributed by atoms with E-state index >= 15 is 0 Å². The van der Waals surface area contributed by atoms with E-state index in [1.165, 1.54) is 12.1 Å². The van der Waals surface area contributed by atoms with Gasteiger partial charge in [-0.15, -0.1) is 0 Å². The second-order valence-electron chi connectivity index (χ2n) is 5.45. The van der Waals surface area contributed by atoms with Crippen LogP contribution >= 0.6 is 0 Å². The molecule has 94 valence electrons. The van der Waals surface area contributed by atoms with E-state index in [0.717, 1.165) is 5.69 Å². The molecule has 1 saturated carbocycles. The summed E-state index contributed by atoms with van der Waals surface area (Å²) in [5.41, 5.74) is 7.62. The largest absolute Gasteiger partial charge is 0.356 e. The molecule has 2 atom stereocenters. The van der Waals surface area contributed by atoms with Crippen LogP contribution < -0.4 is 5.73 Å². The molecule has 0 aliphatic heterocycles. The first kappa shape index (κ1) is 11.4. The summed E-state index contributed by atoms with van der Waals surface area (Å²) in [7, 11) is 0. The number of halogens is 1. The highest BCUT2D eigenvalue weighted by atomic mass is 19.1. The Morgan fingerprint density at radius 2 is 2.06 bits per heavy atom. The van der Waals surface area contributed by atoms with Crippen molar-refractivity contribution in [3.8, 4) is 11.3 Å². The average molecular weight is 246 g/mol. The number of benzene rings is 1. The van der Waals surface area contributed by atoms with Crippen LogP contribution in [0.2, 0.25) is 0 Å². The van der Waals surface area contributed by atoms with Crippen molar-refractivity contribution in [2.75, 3.05) is 0 Å². The second-order valence-corrected chi connectivity index (χ2v) is 5.45. The van der Waals surface area contributed by atoms with Gasteiger partial charge in [0.25, 0.3) is 0 Å². The molecule has 3 nitrogen and oxygen atoms in total. The van der Waals surface area contributed by atoms with Gasteiger partial charge in [-0.05, 0) is 17.5 Å². The molecular formula is C14H15FN2O. The third-order valence-electron chi connectivity index (χ3n) is 3.87. The van der Waals surface area contributed by atoms with Gasteiger partial charge in [0, 0.05) is 23.6 Å². The topological polar surface area (TPSA) is 52.0 Å². The van der Waals surface area contributed by atoms with Crippen LogP contribution in [0.1, 0.15) is 25.5 Å². The average Bonchev–Trinajstić information content (AvgIpc) is 2.68. The Bertz CT molecular complexity index is 591. The Labute approximate surface area is 105 Å². The molecule has 1 heterocycles. The summed E-state index contributed by atoms with van der Waals surface area (Å²) in [6.07, 6.45) is 0. The molecule has 0 amide bonds. The highest BCUT2D eigenvalue weighted by Gasteiger charge is 2.57. The fourth-order valence-corrected chi connectivity index (χ4v) is 2.46. The molecule has 1 aromatic carbocycles. The van der Waals surface area contributed by atoms with Crippen molar-refractivity contribution < 1.29 is 8.91 Å². The molecule has 2 unspecified atom stereocenters. The third kappa shape index (κ3) is 1.64. The maximum atomic E-state index is 13.1. The normalized spacial score (nSPS) is 25.1. The predicted octanol–water partition coefficient (Wildman–Crippen LogP) is 2.93. The van der Waals surface area contributed by atoms with Gasteiger partial charge in [-0.3, -0.25) is 0 Å². The van der Waals surface area contributed by atoms with Crippen LogP contribution in [0.4, 0.5) is 4.39 Å². The number of nitrogens with two attached hydrogens (primary N) is 1. The SMILES string of the molecule is CC1(C)C(N)C1c1cc(-c2cccc(F)c2)on1. The molecule has 1 aliphatic rings. The molecule has 0 saturated heterocycles. The molecule has 1 fully saturated rings. The molecule has 3 rings (SSSR count). The summed E-state index contributed by atoms with van der Waals surface area (Å²) in [5, 5.41) is 4.05. The predicted molar refractivity (Wildman–Crippen MR) is 66.4 cm³/mol. The van der Waals surface area contributed by atoms with Crippen LogP contribution in [0.5, 0.6) is 0 Å². The van der Waals surface area contributed by atoms with Gasteiger partial charge >= 0.3 is 0 Å². The molecule has 18 heavy (non-hydrogen) atoms. The van der Waals surface area contributed by atoms with Gasteiger partial charge in [0.15, 0.2) is 5.76 Å². The number of nitrogens with zero attached hydrogens (tertiary/aromatic N) is 1. The van der Waals surface area contributed by atoms with E-state index in [2.05, 4.69) is 19.0 Å². The van der Waals surface area contributed by atoms with Crippen molar-refractivity contribution in [1.29, 1.82) is 0 Å². The summed E-state index contributed by atoms with van der Waals surface area (Å²) in [6.45, 7) is 4.22. The minimum absolute atomic E-state index is 0.0656. The smallest absolute Gasteiger partial charge is 0.167 e. The Balaban J connectivity index is 1.91. The minimum Gasteiger partial charge on any atom is -0.356 e. The van der Waals surface area contributed by atoms with Crippen molar-refractivity contribution in [2.45, 2.75) is 25.8 Å². The van der Waals surface area contributed by atoms with Crippen LogP contribution in [-0.2, 0) is 0 Å². The van der Waals surface area contributed by atoms with E-state index < -0.39 is 0 Å². The van der Waals surface area contributed by atoms with E-state index in [1.54, 1.807) is 12.1 Å². The minimum atomic E-state index is -0.283. The van der Waals surface area contributed by atoms with E-state index in [1.807, 2.05) is 6.07 Å². The summed E-state index contributed by atoms with van der Waals surface area (Å²) in [5.74, 6) is 0.525. The van der Waals surface area contributed by atoms with Crippen LogP contribution in [0.15, 0.2) is 34.9 Å². The zero-order valence-corrected chi connectivity index (χ0v) is 10.4. The van der Waals surface area contributed by atoms with Gasteiger partial charge in [0.1, 0.15) is 5.82 Å². The Kier molecular flexibility index (Phi) is 2.32. The monoisotopic (exact) mass is 246 g/mol. The number of aromatic nitrogens is 1. The summed E-state index contributed by atoms with van der Waals surface area (Å²) < 4.78 is 18.4. The first-order chi connectivity index (χ1) is 8.50. The lowest BCUT2D eigenvalue weighted by atomic mass is 10.1. The lowest BCUT2D eigenvalue weighted by molar-refractivity contribution is 0.420. The first-order valence-corrected chi connectivity index (χ1v) is 5.98. The molecule has 0 spiro atoms. The molecule has 2 aromatic rings. The van der Waals surface area contributed by atoms with Gasteiger partial charge in [0.2, 0.25) is 0 Å². The fourth-order valence-electron chi connectivity index (χ4n) is 2.46. The molecule has 1 aliphatic carbocycles. The molecule has 2 N–H and O–H groups in total. The van der Waals surface area contributed by atoms with Gasteiger partial charge in [-0.1, -0.05) is 31.1 Å². The van der Waals surface area contributed by atoms with Gasteiger partial charge in [-0.25, -0.2) is 4.39 Å². The molecule has 0 radical (unpaired) electrons. The maximum Gasteiger partial charge on any atom is 0.167 e. The van der Waals surface area contributed by atoms with E-state index in [0.29, 0.717) is 11.3 Å². The van der Waals surface area contributed by atoms with Crippen LogP contribution in [0.3, 0.4) is 0 Å². The molecule has 4 heteroatoms. The standard InChI is InChI=1S/C14H15FN2O/c1-14(2)12(13(14)16)10-7-11(18-17-10)8-4-3-5-9(15)6-8/h3-7,12-13H,16H2,1-2H3. The molecule has 0 bridgehead atoms. The quantitative estimate of drug-likeness (QED) is 0.886. The van der Waals surface area contributed by atoms with E-state index in [9.17, 15) is 4.39 Å². The lowest BCUT2D eigenvalue weighted by Crippen LogP contribution is -2.06. The Morgan fingerprint density at radius 1 is 1.33 bits per heavy atom. The van der Waals surface area contributed by atoms with Crippen molar-refractivity contribution in [1.82, 2.24) is 5.16 Å². The molecule has 1 aromatic heterocycles. The Hall–Kier alpha value is -1.68. The van der Waals surface area contributed by atoms with Gasteiger partial charge in [-0.2, -0.15) is 0 Å². The van der Waals surface area contributed by atoms with Crippen molar-refractivity contribution in [3.05, 3.63) is 41.8 Å². The summed E-state index contributed by atoms with van der Waals surface area (Å²) in [4.78, 5) is 0. The first-order valence-electron chi connectivity index (χ1n) is 5.98. The van der Waals surface area contributed by atoms with Crippen molar-refractivity contribution in [3.63, 3.8) is 0 Å². The zero-order valence-electron chi connectivity index (χ0n) is 10.4. The van der Waals surface area contributed by atoms with Crippen molar-refractivity contribution >= 4 is 0 Å². The fraction of sp³-hybridized carbons (Fsp3) is 0.357. The maximum absolute atomic E-state index is 13.1. The zero-order chi connectivity index (χ0) is 12.9. The Morgan fingerprint density at radius 3 is 2.67 bits per heavy atom. The summed E-state index contributed by atoms with van der Waals surface area (Å²) in [6, 6.07) is 8.25. The highest BCUT2D eigenvalue weighted by Crippen LogP contribution is 2.57. The van der Waals surface area contributed by atoms with Crippen LogP contribution in [0.25, 0.3) is 11.3 Å². The molecular weight excluding hydrogens is 231 g/mol. The van der Waals surface area contributed by atoms with E-state index in [4.69, 9.17) is 10.3 Å². The lowest BCUT2D eigenvalue weighted by Gasteiger charge is -1.96. The number of hydrogen-bond acceptors (Lipinski definition) is 3. The number of hydrogen-bond donors (Lipinski definition) is 1. The highest BCUT2D eigenvalue weighted by molar-refractivity contribution is 5.58. The van der Waals surface area contributed by atoms with Crippen LogP contribution in [0, 0.1) is 11.2 Å². The van der Waals surface area contributed by atoms with Gasteiger partial charge < -0.3 is 10.3 Å². The van der Waals surface area contributed by atoms with E-state index in [-0.39, 0.29) is 23.2 Å². The second kappa shape index (κ2) is 3.65. The van der Waals surface area contributed by atoms with Crippen molar-refractivity contribution in [2.24, 2.45) is 11.1 Å².